The number of phenols is 1. The number of hydrogen-bond donors (Lipinski definition) is 2. The van der Waals surface area contributed by atoms with E-state index in [0.717, 1.165) is 27.2 Å². The molecule has 0 atom stereocenters. The molecule has 1 aliphatic rings. The quantitative estimate of drug-likeness (QED) is 0.344. The Morgan fingerprint density at radius 2 is 1.78 bits per heavy atom. The van der Waals surface area contributed by atoms with Crippen LogP contribution in [0.25, 0.3) is 6.08 Å². The molecule has 0 saturated carbocycles. The van der Waals surface area contributed by atoms with Crippen LogP contribution in [0.1, 0.15) is 27.8 Å². The molecule has 4 rings (SSSR count). The number of benzene rings is 3. The molecular formula is C27H22Cl2N2O4S. The average Bonchev–Trinajstić information content (AvgIpc) is 3.08. The summed E-state index contributed by atoms with van der Waals surface area (Å²) in [6.07, 6.45) is 1.87. The molecular weight excluding hydrogens is 519 g/mol. The third kappa shape index (κ3) is 5.75. The first-order valence-electron chi connectivity index (χ1n) is 11.0. The average molecular weight is 541 g/mol. The van der Waals surface area contributed by atoms with Crippen molar-refractivity contribution >= 4 is 63.8 Å². The van der Waals surface area contributed by atoms with E-state index in [0.29, 0.717) is 28.9 Å². The number of hydrogen-bond acceptors (Lipinski definition) is 5. The number of amides is 3. The Hall–Kier alpha value is -3.26. The zero-order valence-corrected chi connectivity index (χ0v) is 21.8. The van der Waals surface area contributed by atoms with Crippen molar-refractivity contribution in [2.45, 2.75) is 20.3 Å². The van der Waals surface area contributed by atoms with Crippen LogP contribution in [0.3, 0.4) is 0 Å². The molecule has 1 saturated heterocycles. The number of phenolic OH excluding ortho intramolecular Hbond substituents is 1. The van der Waals surface area contributed by atoms with Crippen LogP contribution in [0.15, 0.2) is 59.5 Å². The number of thioether (sulfide) groups is 1. The van der Waals surface area contributed by atoms with E-state index >= 15 is 0 Å². The summed E-state index contributed by atoms with van der Waals surface area (Å²) >= 11 is 13.2. The Balaban J connectivity index is 1.52. The molecule has 1 fully saturated rings. The summed E-state index contributed by atoms with van der Waals surface area (Å²) in [6, 6.07) is 16.1. The second-order valence-electron chi connectivity index (χ2n) is 8.40. The number of imide groups is 1. The first-order chi connectivity index (χ1) is 17.1. The maximum atomic E-state index is 12.9. The number of aromatic hydroxyl groups is 1. The Kier molecular flexibility index (Phi) is 7.73. The highest BCUT2D eigenvalue weighted by molar-refractivity contribution is 8.18. The second kappa shape index (κ2) is 10.8. The predicted molar refractivity (Wildman–Crippen MR) is 145 cm³/mol. The lowest BCUT2D eigenvalue weighted by atomic mass is 10.0. The van der Waals surface area contributed by atoms with E-state index in [2.05, 4.69) is 5.32 Å². The smallest absolute Gasteiger partial charge is 0.294 e. The van der Waals surface area contributed by atoms with E-state index < -0.39 is 23.6 Å². The Morgan fingerprint density at radius 1 is 1.03 bits per heavy atom. The van der Waals surface area contributed by atoms with Gasteiger partial charge in [0.1, 0.15) is 12.3 Å². The zero-order chi connectivity index (χ0) is 26.0. The molecule has 36 heavy (non-hydrogen) atoms. The van der Waals surface area contributed by atoms with Crippen molar-refractivity contribution in [2.75, 3.05) is 11.9 Å². The van der Waals surface area contributed by atoms with Gasteiger partial charge in [0, 0.05) is 16.3 Å². The van der Waals surface area contributed by atoms with Crippen LogP contribution in [-0.4, -0.2) is 33.6 Å². The van der Waals surface area contributed by atoms with Crippen LogP contribution in [0.5, 0.6) is 5.75 Å². The minimum atomic E-state index is -0.618. The summed E-state index contributed by atoms with van der Waals surface area (Å²) in [4.78, 5) is 38.9. The number of nitrogens with one attached hydrogen (secondary N) is 1. The van der Waals surface area contributed by atoms with Gasteiger partial charge in [-0.3, -0.25) is 19.3 Å². The molecule has 0 aromatic heterocycles. The summed E-state index contributed by atoms with van der Waals surface area (Å²) in [5.41, 5.74) is 4.61. The fourth-order valence-corrected chi connectivity index (χ4v) is 4.97. The molecule has 9 heteroatoms. The fourth-order valence-electron chi connectivity index (χ4n) is 3.69. The summed E-state index contributed by atoms with van der Waals surface area (Å²) in [6.45, 7) is 3.47. The Labute approximate surface area is 222 Å². The van der Waals surface area contributed by atoms with Crippen molar-refractivity contribution in [3.8, 4) is 5.75 Å². The molecule has 0 spiro atoms. The number of carbonyl (C=O) groups excluding carboxylic acids is 3. The molecule has 0 bridgehead atoms. The van der Waals surface area contributed by atoms with Crippen molar-refractivity contribution in [1.82, 2.24) is 4.90 Å². The second-order valence-corrected chi connectivity index (χ2v) is 10.2. The SMILES string of the molecule is Cc1ccc(NC(=O)CN2C(=O)S/C(=C/c3cc(Cc4ccccc4Cl)cc(Cl)c3O)C2=O)cc1C. The van der Waals surface area contributed by atoms with Gasteiger partial charge in [-0.2, -0.15) is 0 Å². The summed E-state index contributed by atoms with van der Waals surface area (Å²) in [7, 11) is 0. The fraction of sp³-hybridized carbons (Fsp3) is 0.148. The highest BCUT2D eigenvalue weighted by atomic mass is 35.5. The van der Waals surface area contributed by atoms with Crippen molar-refractivity contribution in [3.05, 3.63) is 97.4 Å². The topological polar surface area (TPSA) is 86.7 Å². The molecule has 3 aromatic rings. The van der Waals surface area contributed by atoms with Crippen LogP contribution in [0.4, 0.5) is 10.5 Å². The van der Waals surface area contributed by atoms with Crippen LogP contribution < -0.4 is 5.32 Å². The molecule has 0 unspecified atom stereocenters. The van der Waals surface area contributed by atoms with Gasteiger partial charge >= 0.3 is 0 Å². The van der Waals surface area contributed by atoms with Crippen molar-refractivity contribution < 1.29 is 19.5 Å². The summed E-state index contributed by atoms with van der Waals surface area (Å²) < 4.78 is 0. The molecule has 3 amide bonds. The lowest BCUT2D eigenvalue weighted by Crippen LogP contribution is -2.36. The normalized spacial score (nSPS) is 14.6. The first-order valence-corrected chi connectivity index (χ1v) is 12.6. The maximum absolute atomic E-state index is 12.9. The molecule has 3 aromatic carbocycles. The highest BCUT2D eigenvalue weighted by Gasteiger charge is 2.36. The Bertz CT molecular complexity index is 1420. The van der Waals surface area contributed by atoms with E-state index in [1.807, 2.05) is 44.2 Å². The van der Waals surface area contributed by atoms with Gasteiger partial charge in [-0.15, -0.1) is 0 Å². The minimum absolute atomic E-state index is 0.0836. The maximum Gasteiger partial charge on any atom is 0.294 e. The zero-order valence-electron chi connectivity index (χ0n) is 19.5. The van der Waals surface area contributed by atoms with Crippen molar-refractivity contribution in [3.63, 3.8) is 0 Å². The van der Waals surface area contributed by atoms with E-state index in [-0.39, 0.29) is 21.2 Å². The number of anilines is 1. The number of aryl methyl sites for hydroxylation is 2. The largest absolute Gasteiger partial charge is 0.506 e. The summed E-state index contributed by atoms with van der Waals surface area (Å²) in [5.74, 6) is -1.32. The molecule has 1 aliphatic heterocycles. The monoisotopic (exact) mass is 540 g/mol. The molecule has 0 radical (unpaired) electrons. The molecule has 184 valence electrons. The van der Waals surface area contributed by atoms with Gasteiger partial charge in [-0.1, -0.05) is 47.5 Å². The van der Waals surface area contributed by atoms with Gasteiger partial charge < -0.3 is 10.4 Å². The lowest BCUT2D eigenvalue weighted by molar-refractivity contribution is -0.127. The standard InChI is InChI=1S/C27H22Cl2N2O4S/c1-15-7-8-20(9-16(15)2)30-24(32)14-31-26(34)23(36-27(31)35)13-19-11-17(12-22(29)25(19)33)10-18-5-3-4-6-21(18)28/h3-9,11-13,33H,10,14H2,1-2H3,(H,30,32)/b23-13+. The van der Waals surface area contributed by atoms with E-state index in [4.69, 9.17) is 23.2 Å². The number of halogens is 2. The van der Waals surface area contributed by atoms with Crippen LogP contribution in [0.2, 0.25) is 10.0 Å². The van der Waals surface area contributed by atoms with Crippen LogP contribution >= 0.6 is 35.0 Å². The van der Waals surface area contributed by atoms with Crippen molar-refractivity contribution in [1.29, 1.82) is 0 Å². The van der Waals surface area contributed by atoms with Gasteiger partial charge in [0.2, 0.25) is 5.91 Å². The minimum Gasteiger partial charge on any atom is -0.506 e. The van der Waals surface area contributed by atoms with E-state index in [1.165, 1.54) is 6.08 Å². The first kappa shape index (κ1) is 25.8. The summed E-state index contributed by atoms with van der Waals surface area (Å²) in [5, 5.41) is 13.3. The number of rotatable bonds is 6. The van der Waals surface area contributed by atoms with Gasteiger partial charge in [0.15, 0.2) is 0 Å². The van der Waals surface area contributed by atoms with Crippen molar-refractivity contribution in [2.24, 2.45) is 0 Å². The third-order valence-electron chi connectivity index (χ3n) is 5.76. The number of nitrogens with zero attached hydrogens (tertiary/aromatic N) is 1. The molecule has 0 aliphatic carbocycles. The number of carbonyl (C=O) groups is 3. The predicted octanol–water partition coefficient (Wildman–Crippen LogP) is 6.58. The molecule has 1 heterocycles. The third-order valence-corrected chi connectivity index (χ3v) is 7.32. The lowest BCUT2D eigenvalue weighted by Gasteiger charge is -2.13. The van der Waals surface area contributed by atoms with Gasteiger partial charge in [-0.25, -0.2) is 0 Å². The van der Waals surface area contributed by atoms with Gasteiger partial charge in [0.05, 0.1) is 9.93 Å². The Morgan fingerprint density at radius 3 is 2.50 bits per heavy atom. The molecule has 2 N–H and O–H groups in total. The van der Waals surface area contributed by atoms with Gasteiger partial charge in [0.25, 0.3) is 11.1 Å². The van der Waals surface area contributed by atoms with Gasteiger partial charge in [-0.05, 0) is 90.7 Å². The molecule has 6 nitrogen and oxygen atoms in total. The van der Waals surface area contributed by atoms with E-state index in [9.17, 15) is 19.5 Å². The van der Waals surface area contributed by atoms with E-state index in [1.54, 1.807) is 24.3 Å². The highest BCUT2D eigenvalue weighted by Crippen LogP contribution is 2.37. The van der Waals surface area contributed by atoms with Crippen LogP contribution in [0, 0.1) is 13.8 Å². The van der Waals surface area contributed by atoms with Crippen LogP contribution in [-0.2, 0) is 16.0 Å².